The van der Waals surface area contributed by atoms with Gasteiger partial charge in [0.1, 0.15) is 18.6 Å². The van der Waals surface area contributed by atoms with Crippen molar-refractivity contribution in [3.8, 4) is 11.1 Å². The number of anilines is 1. The number of nitrogens with zero attached hydrogens (tertiary/aromatic N) is 1. The van der Waals surface area contributed by atoms with Crippen molar-refractivity contribution in [2.45, 2.75) is 19.6 Å². The molecule has 0 unspecified atom stereocenters. The minimum absolute atomic E-state index is 0.0427. The second kappa shape index (κ2) is 10.1. The Morgan fingerprint density at radius 2 is 1.94 bits per heavy atom. The molecule has 0 aliphatic carbocycles. The molecule has 9 heteroatoms. The largest absolute Gasteiger partial charge is 0.442 e. The highest BCUT2D eigenvalue weighted by Gasteiger charge is 2.32. The molecule has 3 rings (SSSR count). The molecule has 1 aliphatic rings. The molecule has 2 amide bonds. The average Bonchev–Trinajstić information content (AvgIpc) is 3.13. The Balaban J connectivity index is 1.65. The Kier molecular flexibility index (Phi) is 7.30. The number of alkyl halides is 1. The normalized spacial score (nSPS) is 15.6. The number of benzene rings is 2. The fourth-order valence-corrected chi connectivity index (χ4v) is 3.20. The molecule has 1 saturated heterocycles. The Morgan fingerprint density at radius 3 is 2.58 bits per heavy atom. The number of ketones is 1. The molecular formula is C22H23F2N3O4. The minimum Gasteiger partial charge on any atom is -0.442 e. The lowest BCUT2D eigenvalue weighted by Crippen LogP contribution is -2.33. The number of amides is 2. The third-order valence-corrected chi connectivity index (χ3v) is 4.78. The molecule has 31 heavy (non-hydrogen) atoms. The monoisotopic (exact) mass is 431 g/mol. The highest BCUT2D eigenvalue weighted by Crippen LogP contribution is 2.29. The van der Waals surface area contributed by atoms with Crippen LogP contribution in [0.4, 0.5) is 19.3 Å². The van der Waals surface area contributed by atoms with Gasteiger partial charge in [-0.2, -0.15) is 0 Å². The Morgan fingerprint density at radius 1 is 1.19 bits per heavy atom. The van der Waals surface area contributed by atoms with E-state index in [1.54, 1.807) is 36.4 Å². The van der Waals surface area contributed by atoms with Gasteiger partial charge in [0.25, 0.3) is 0 Å². The van der Waals surface area contributed by atoms with E-state index in [0.29, 0.717) is 23.4 Å². The summed E-state index contributed by atoms with van der Waals surface area (Å²) < 4.78 is 32.1. The van der Waals surface area contributed by atoms with E-state index in [1.165, 1.54) is 17.9 Å². The summed E-state index contributed by atoms with van der Waals surface area (Å²) in [5, 5.41) is 5.44. The molecule has 0 aromatic heterocycles. The second-order valence-electron chi connectivity index (χ2n) is 7.19. The van der Waals surface area contributed by atoms with Gasteiger partial charge in [0.15, 0.2) is 5.78 Å². The highest BCUT2D eigenvalue weighted by molar-refractivity contribution is 5.90. The van der Waals surface area contributed by atoms with Gasteiger partial charge in [-0.1, -0.05) is 24.3 Å². The van der Waals surface area contributed by atoms with Gasteiger partial charge >= 0.3 is 6.09 Å². The molecule has 2 aromatic rings. The summed E-state index contributed by atoms with van der Waals surface area (Å²) in [4.78, 5) is 35.4. The molecule has 0 saturated carbocycles. The van der Waals surface area contributed by atoms with Gasteiger partial charge in [0, 0.05) is 19.0 Å². The molecule has 2 N–H and O–H groups in total. The SMILES string of the molecule is CC(=O)NC[C@H]1CN(c2ccc(-c3ccc(CNCC(=O)CF)cc3)c(F)c2)C(=O)O1. The lowest BCUT2D eigenvalue weighted by Gasteiger charge is -2.15. The molecule has 0 bridgehead atoms. The fraction of sp³-hybridized carbons (Fsp3) is 0.318. The van der Waals surface area contributed by atoms with Crippen molar-refractivity contribution < 1.29 is 27.9 Å². The second-order valence-corrected chi connectivity index (χ2v) is 7.19. The Hall–Kier alpha value is -3.33. The number of hydrogen-bond acceptors (Lipinski definition) is 5. The standard InChI is InChI=1S/C22H23F2N3O4/c1-14(28)26-12-19-13-27(22(30)31-19)17-6-7-20(21(24)8-17)16-4-2-15(3-5-16)10-25-11-18(29)9-23/h2-8,19,25H,9-13H2,1H3,(H,26,28)/t19-/m0/s1. The molecule has 2 aromatic carbocycles. The van der Waals surface area contributed by atoms with Gasteiger partial charge in [-0.05, 0) is 29.3 Å². The number of carbonyl (C=O) groups is 3. The van der Waals surface area contributed by atoms with E-state index in [4.69, 9.17) is 4.74 Å². The number of ether oxygens (including phenoxy) is 1. The van der Waals surface area contributed by atoms with Crippen molar-refractivity contribution >= 4 is 23.5 Å². The van der Waals surface area contributed by atoms with Crippen LogP contribution in [0.2, 0.25) is 0 Å². The first-order valence-electron chi connectivity index (χ1n) is 9.77. The van der Waals surface area contributed by atoms with Crippen LogP contribution in [0, 0.1) is 5.82 Å². The van der Waals surface area contributed by atoms with Crippen LogP contribution in [-0.4, -0.2) is 50.2 Å². The number of rotatable bonds is 9. The molecule has 0 radical (unpaired) electrons. The van der Waals surface area contributed by atoms with Crippen molar-refractivity contribution in [3.63, 3.8) is 0 Å². The topological polar surface area (TPSA) is 87.7 Å². The van der Waals surface area contributed by atoms with E-state index < -0.39 is 30.5 Å². The zero-order valence-corrected chi connectivity index (χ0v) is 17.0. The molecule has 0 spiro atoms. The zero-order chi connectivity index (χ0) is 22.4. The van der Waals surface area contributed by atoms with Crippen LogP contribution in [0.3, 0.4) is 0 Å². The fourth-order valence-electron chi connectivity index (χ4n) is 3.20. The van der Waals surface area contributed by atoms with Gasteiger partial charge in [0.05, 0.1) is 25.3 Å². The van der Waals surface area contributed by atoms with Crippen molar-refractivity contribution in [3.05, 3.63) is 53.8 Å². The van der Waals surface area contributed by atoms with Crippen LogP contribution in [0.25, 0.3) is 11.1 Å². The van der Waals surface area contributed by atoms with E-state index in [1.807, 2.05) is 0 Å². The van der Waals surface area contributed by atoms with Crippen molar-refractivity contribution in [1.29, 1.82) is 0 Å². The molecular weight excluding hydrogens is 408 g/mol. The first-order chi connectivity index (χ1) is 14.9. The molecule has 1 atom stereocenters. The summed E-state index contributed by atoms with van der Waals surface area (Å²) in [6.07, 6.45) is -1.09. The molecule has 1 heterocycles. The third-order valence-electron chi connectivity index (χ3n) is 4.78. The Bertz CT molecular complexity index is 966. The van der Waals surface area contributed by atoms with Crippen molar-refractivity contribution in [1.82, 2.24) is 10.6 Å². The summed E-state index contributed by atoms with van der Waals surface area (Å²) in [6, 6.07) is 11.6. The number of cyclic esters (lactones) is 1. The number of Topliss-reactive ketones (excluding diaryl/α,β-unsaturated/α-hetero) is 1. The smallest absolute Gasteiger partial charge is 0.414 e. The van der Waals surface area contributed by atoms with Crippen LogP contribution in [-0.2, 0) is 20.9 Å². The van der Waals surface area contributed by atoms with E-state index in [9.17, 15) is 23.2 Å². The zero-order valence-electron chi connectivity index (χ0n) is 17.0. The van der Waals surface area contributed by atoms with Gasteiger partial charge in [-0.15, -0.1) is 0 Å². The summed E-state index contributed by atoms with van der Waals surface area (Å²) in [5.74, 6) is -1.22. The van der Waals surface area contributed by atoms with Crippen LogP contribution >= 0.6 is 0 Å². The first kappa shape index (κ1) is 22.4. The van der Waals surface area contributed by atoms with Gasteiger partial charge in [0.2, 0.25) is 5.91 Å². The van der Waals surface area contributed by atoms with E-state index in [0.717, 1.165) is 5.56 Å². The van der Waals surface area contributed by atoms with E-state index in [-0.39, 0.29) is 25.5 Å². The van der Waals surface area contributed by atoms with Crippen molar-refractivity contribution in [2.75, 3.05) is 31.2 Å². The molecule has 1 aliphatic heterocycles. The Labute approximate surface area is 178 Å². The maximum Gasteiger partial charge on any atom is 0.414 e. The van der Waals surface area contributed by atoms with Crippen LogP contribution in [0.15, 0.2) is 42.5 Å². The van der Waals surface area contributed by atoms with E-state index in [2.05, 4.69) is 10.6 Å². The average molecular weight is 431 g/mol. The summed E-state index contributed by atoms with van der Waals surface area (Å²) in [7, 11) is 0. The third kappa shape index (κ3) is 5.85. The summed E-state index contributed by atoms with van der Waals surface area (Å²) >= 11 is 0. The highest BCUT2D eigenvalue weighted by atomic mass is 19.1. The van der Waals surface area contributed by atoms with Crippen LogP contribution in [0.1, 0.15) is 12.5 Å². The maximum absolute atomic E-state index is 14.8. The van der Waals surface area contributed by atoms with Gasteiger partial charge < -0.3 is 15.4 Å². The van der Waals surface area contributed by atoms with Crippen LogP contribution in [0.5, 0.6) is 0 Å². The number of nitrogens with one attached hydrogen (secondary N) is 2. The predicted octanol–water partition coefficient (Wildman–Crippen LogP) is 2.58. The minimum atomic E-state index is -0.994. The predicted molar refractivity (Wildman–Crippen MR) is 111 cm³/mol. The summed E-state index contributed by atoms with van der Waals surface area (Å²) in [5.41, 5.74) is 2.27. The van der Waals surface area contributed by atoms with E-state index >= 15 is 0 Å². The number of hydrogen-bond donors (Lipinski definition) is 2. The lowest BCUT2D eigenvalue weighted by atomic mass is 10.0. The maximum atomic E-state index is 14.8. The lowest BCUT2D eigenvalue weighted by molar-refractivity contribution is -0.120. The van der Waals surface area contributed by atoms with Crippen LogP contribution < -0.4 is 15.5 Å². The molecule has 1 fully saturated rings. The number of carbonyl (C=O) groups excluding carboxylic acids is 3. The number of halogens is 2. The van der Waals surface area contributed by atoms with Crippen molar-refractivity contribution in [2.24, 2.45) is 0 Å². The molecule has 164 valence electrons. The quantitative estimate of drug-likeness (QED) is 0.637. The van der Waals surface area contributed by atoms with Gasteiger partial charge in [-0.25, -0.2) is 13.6 Å². The summed E-state index contributed by atoms with van der Waals surface area (Å²) in [6.45, 7) is 1.14. The first-order valence-corrected chi connectivity index (χ1v) is 9.77. The van der Waals surface area contributed by atoms with Gasteiger partial charge in [-0.3, -0.25) is 14.5 Å². The molecule has 7 nitrogen and oxygen atoms in total.